The van der Waals surface area contributed by atoms with Crippen LogP contribution in [0.3, 0.4) is 0 Å². The van der Waals surface area contributed by atoms with Crippen LogP contribution in [-0.4, -0.2) is 9.55 Å². The largest absolute Gasteiger partial charge is 0.310 e. The summed E-state index contributed by atoms with van der Waals surface area (Å²) in [5, 5.41) is 2.45. The molecule has 9 aromatic rings. The van der Waals surface area contributed by atoms with Gasteiger partial charge < -0.3 is 9.47 Å². The average molecular weight is 680 g/mol. The van der Waals surface area contributed by atoms with E-state index in [0.29, 0.717) is 0 Å². The quantitative estimate of drug-likeness (QED) is 0.174. The van der Waals surface area contributed by atoms with Gasteiger partial charge in [0.15, 0.2) is 0 Å². The van der Waals surface area contributed by atoms with Crippen LogP contribution in [0.15, 0.2) is 188 Å². The summed E-state index contributed by atoms with van der Waals surface area (Å²) >= 11 is 0. The lowest BCUT2D eigenvalue weighted by Gasteiger charge is -2.27. The molecule has 2 aromatic heterocycles. The number of hydrogen-bond donors (Lipinski definition) is 0. The van der Waals surface area contributed by atoms with Gasteiger partial charge in [0, 0.05) is 45.1 Å². The predicted octanol–water partition coefficient (Wildman–Crippen LogP) is 13.3. The molecule has 252 valence electrons. The van der Waals surface area contributed by atoms with Crippen LogP contribution >= 0.6 is 0 Å². The summed E-state index contributed by atoms with van der Waals surface area (Å²) in [4.78, 5) is 6.83. The van der Waals surface area contributed by atoms with Crippen molar-refractivity contribution < 1.29 is 0 Å². The van der Waals surface area contributed by atoms with Crippen molar-refractivity contribution in [1.29, 1.82) is 0 Å². The second-order valence-corrected chi connectivity index (χ2v) is 14.5. The van der Waals surface area contributed by atoms with Crippen molar-refractivity contribution in [2.75, 3.05) is 4.90 Å². The highest BCUT2D eigenvalue weighted by Crippen LogP contribution is 2.50. The Morgan fingerprint density at radius 1 is 0.453 bits per heavy atom. The van der Waals surface area contributed by atoms with E-state index >= 15 is 0 Å². The molecular formula is C50H37N3. The number of para-hydroxylation sites is 1. The van der Waals surface area contributed by atoms with Crippen LogP contribution in [0.5, 0.6) is 0 Å². The monoisotopic (exact) mass is 679 g/mol. The number of pyridine rings is 1. The second-order valence-electron chi connectivity index (χ2n) is 14.5. The van der Waals surface area contributed by atoms with Crippen molar-refractivity contribution in [2.24, 2.45) is 0 Å². The maximum absolute atomic E-state index is 4.45. The van der Waals surface area contributed by atoms with Gasteiger partial charge >= 0.3 is 0 Å². The molecule has 0 radical (unpaired) electrons. The molecular weight excluding hydrogens is 643 g/mol. The Labute approximate surface area is 310 Å². The lowest BCUT2D eigenvalue weighted by atomic mass is 9.82. The summed E-state index contributed by atoms with van der Waals surface area (Å²) in [6.45, 7) is 4.67. The van der Waals surface area contributed by atoms with Crippen LogP contribution in [-0.2, 0) is 5.41 Å². The van der Waals surface area contributed by atoms with Gasteiger partial charge in [-0.1, -0.05) is 129 Å². The maximum atomic E-state index is 4.45. The number of fused-ring (bicyclic) bond motifs is 6. The first-order valence-corrected chi connectivity index (χ1v) is 18.3. The summed E-state index contributed by atoms with van der Waals surface area (Å²) in [5.74, 6) is 0. The molecule has 10 rings (SSSR count). The third kappa shape index (κ3) is 5.08. The fraction of sp³-hybridized carbons (Fsp3) is 0.0600. The van der Waals surface area contributed by atoms with E-state index in [9.17, 15) is 0 Å². The third-order valence-electron chi connectivity index (χ3n) is 11.1. The van der Waals surface area contributed by atoms with Crippen molar-refractivity contribution in [3.05, 3.63) is 199 Å². The smallest absolute Gasteiger partial charge is 0.0724 e. The van der Waals surface area contributed by atoms with E-state index < -0.39 is 0 Å². The van der Waals surface area contributed by atoms with E-state index in [-0.39, 0.29) is 5.41 Å². The number of rotatable bonds is 6. The first kappa shape index (κ1) is 31.1. The van der Waals surface area contributed by atoms with E-state index in [4.69, 9.17) is 0 Å². The SMILES string of the molecule is CC1(C)c2ccccc2-c2cc(N(c3ccc(-c4ccccc4)cc3)c3ccc(-c4ccc(-n5c6ccccc6c6ccncc65)cc4)cc3)ccc21. The molecule has 0 saturated heterocycles. The molecule has 0 unspecified atom stereocenters. The minimum absolute atomic E-state index is 0.0394. The van der Waals surface area contributed by atoms with E-state index in [1.54, 1.807) is 0 Å². The third-order valence-corrected chi connectivity index (χ3v) is 11.1. The molecule has 0 fully saturated rings. The summed E-state index contributed by atoms with van der Waals surface area (Å²) in [7, 11) is 0. The summed E-state index contributed by atoms with van der Waals surface area (Å²) in [6.07, 6.45) is 3.83. The Hall–Kier alpha value is -6.71. The van der Waals surface area contributed by atoms with Crippen LogP contribution in [0.2, 0.25) is 0 Å². The minimum atomic E-state index is -0.0394. The Morgan fingerprint density at radius 2 is 1.00 bits per heavy atom. The van der Waals surface area contributed by atoms with Gasteiger partial charge in [0.05, 0.1) is 17.2 Å². The summed E-state index contributed by atoms with van der Waals surface area (Å²) < 4.78 is 2.31. The Bertz CT molecular complexity index is 2720. The van der Waals surface area contributed by atoms with Gasteiger partial charge in [0.1, 0.15) is 0 Å². The van der Waals surface area contributed by atoms with E-state index in [1.807, 2.05) is 12.4 Å². The number of benzene rings is 7. The standard InChI is InChI=1S/C50H37N3/c1-50(2)46-14-8-6-12-42(46)45-32-41(28-29-47(45)50)52(38-22-16-35(17-23-38)34-10-4-3-5-11-34)39-24-18-36(19-25-39)37-20-26-40(27-21-37)53-48-15-9-7-13-43(48)44-30-31-51-33-49(44)53/h3-33H,1-2H3. The van der Waals surface area contributed by atoms with Crippen LogP contribution < -0.4 is 4.90 Å². The summed E-state index contributed by atoms with van der Waals surface area (Å²) in [5.41, 5.74) is 16.9. The zero-order chi connectivity index (χ0) is 35.5. The average Bonchev–Trinajstić information content (AvgIpc) is 3.67. The first-order chi connectivity index (χ1) is 26.0. The Balaban J connectivity index is 1.03. The zero-order valence-electron chi connectivity index (χ0n) is 29.7. The fourth-order valence-electron chi connectivity index (χ4n) is 8.43. The number of hydrogen-bond acceptors (Lipinski definition) is 2. The van der Waals surface area contributed by atoms with Gasteiger partial charge in [0.25, 0.3) is 0 Å². The minimum Gasteiger partial charge on any atom is -0.310 e. The number of nitrogens with zero attached hydrogens (tertiary/aromatic N) is 3. The predicted molar refractivity (Wildman–Crippen MR) is 222 cm³/mol. The highest BCUT2D eigenvalue weighted by molar-refractivity contribution is 6.09. The van der Waals surface area contributed by atoms with E-state index in [0.717, 1.165) is 28.3 Å². The van der Waals surface area contributed by atoms with Gasteiger partial charge in [-0.05, 0) is 105 Å². The van der Waals surface area contributed by atoms with Gasteiger partial charge in [-0.3, -0.25) is 4.98 Å². The molecule has 3 heteroatoms. The topological polar surface area (TPSA) is 21.1 Å². The van der Waals surface area contributed by atoms with Crippen LogP contribution in [0, 0.1) is 0 Å². The Kier molecular flexibility index (Phi) is 7.16. The molecule has 53 heavy (non-hydrogen) atoms. The van der Waals surface area contributed by atoms with Crippen LogP contribution in [0.4, 0.5) is 17.1 Å². The zero-order valence-corrected chi connectivity index (χ0v) is 29.7. The van der Waals surface area contributed by atoms with Crippen LogP contribution in [0.25, 0.3) is 60.9 Å². The molecule has 7 aromatic carbocycles. The fourth-order valence-corrected chi connectivity index (χ4v) is 8.43. The first-order valence-electron chi connectivity index (χ1n) is 18.3. The highest BCUT2D eigenvalue weighted by atomic mass is 15.1. The normalized spacial score (nSPS) is 12.9. The molecule has 0 amide bonds. The molecule has 2 heterocycles. The lowest BCUT2D eigenvalue weighted by Crippen LogP contribution is -2.15. The van der Waals surface area contributed by atoms with Crippen molar-refractivity contribution in [2.45, 2.75) is 19.3 Å². The number of anilines is 3. The molecule has 0 bridgehead atoms. The highest BCUT2D eigenvalue weighted by Gasteiger charge is 2.35. The second kappa shape index (κ2) is 12.2. The van der Waals surface area contributed by atoms with Gasteiger partial charge in [-0.2, -0.15) is 0 Å². The molecule has 0 N–H and O–H groups in total. The maximum Gasteiger partial charge on any atom is 0.0724 e. The lowest BCUT2D eigenvalue weighted by molar-refractivity contribution is 0.660. The van der Waals surface area contributed by atoms with E-state index in [1.165, 1.54) is 60.8 Å². The van der Waals surface area contributed by atoms with Gasteiger partial charge in [-0.25, -0.2) is 0 Å². The molecule has 1 aliphatic rings. The van der Waals surface area contributed by atoms with Crippen molar-refractivity contribution in [3.8, 4) is 39.1 Å². The molecule has 0 saturated carbocycles. The molecule has 3 nitrogen and oxygen atoms in total. The molecule has 0 atom stereocenters. The van der Waals surface area contributed by atoms with Crippen molar-refractivity contribution >= 4 is 38.9 Å². The molecule has 0 spiro atoms. The van der Waals surface area contributed by atoms with Gasteiger partial charge in [0.2, 0.25) is 0 Å². The molecule has 1 aliphatic carbocycles. The van der Waals surface area contributed by atoms with E-state index in [2.05, 4.69) is 204 Å². The van der Waals surface area contributed by atoms with Gasteiger partial charge in [-0.15, -0.1) is 0 Å². The van der Waals surface area contributed by atoms with Crippen molar-refractivity contribution in [3.63, 3.8) is 0 Å². The molecule has 0 aliphatic heterocycles. The van der Waals surface area contributed by atoms with Crippen molar-refractivity contribution in [1.82, 2.24) is 9.55 Å². The summed E-state index contributed by atoms with van der Waals surface area (Å²) in [6, 6.07) is 63.9. The number of aromatic nitrogens is 2. The Morgan fingerprint density at radius 3 is 1.72 bits per heavy atom. The van der Waals surface area contributed by atoms with Crippen LogP contribution in [0.1, 0.15) is 25.0 Å².